The van der Waals surface area contributed by atoms with Crippen molar-refractivity contribution in [2.45, 2.75) is 6.61 Å². The van der Waals surface area contributed by atoms with Gasteiger partial charge in [0.15, 0.2) is 0 Å². The van der Waals surface area contributed by atoms with Crippen LogP contribution < -0.4 is 4.65 Å². The highest BCUT2D eigenvalue weighted by Gasteiger charge is 1.86. The second-order valence-corrected chi connectivity index (χ2v) is 3.22. The maximum Gasteiger partial charge on any atom is 0.0596 e. The predicted octanol–water partition coefficient (Wildman–Crippen LogP) is 2.34. The molecule has 0 atom stereocenters. The zero-order valence-electron chi connectivity index (χ0n) is 7.97. The van der Waals surface area contributed by atoms with Crippen LogP contribution in [-0.2, 0) is 6.61 Å². The van der Waals surface area contributed by atoms with E-state index in [0.717, 1.165) is 0 Å². The van der Waals surface area contributed by atoms with Crippen molar-refractivity contribution in [1.82, 2.24) is 0 Å². The number of hydrogen-bond acceptors (Lipinski definition) is 1. The Morgan fingerprint density at radius 1 is 0.857 bits per heavy atom. The summed E-state index contributed by atoms with van der Waals surface area (Å²) in [7, 11) is 0. The molecule has 0 aliphatic carbocycles. The van der Waals surface area contributed by atoms with Crippen LogP contribution in [-0.4, -0.2) is 6.55 Å². The first kappa shape index (κ1) is 9.01. The fourth-order valence-corrected chi connectivity index (χ4v) is 1.35. The highest BCUT2D eigenvalue weighted by Crippen LogP contribution is 1.98. The van der Waals surface area contributed by atoms with Gasteiger partial charge in [-0.25, -0.2) is 11.9 Å². The molecule has 2 rings (SSSR count). The molecule has 0 aliphatic rings. The van der Waals surface area contributed by atoms with Crippen LogP contribution in [0.3, 0.4) is 0 Å². The zero-order chi connectivity index (χ0) is 9.64. The summed E-state index contributed by atoms with van der Waals surface area (Å²) in [6, 6.07) is 16.2. The first-order valence-corrected chi connectivity index (χ1v) is 4.79. The highest BCUT2D eigenvalue weighted by atomic mass is 16.4. The lowest BCUT2D eigenvalue weighted by Crippen LogP contribution is -2.11. The molecule has 0 saturated heterocycles. The van der Waals surface area contributed by atoms with Crippen LogP contribution in [0.4, 0.5) is 0 Å². The van der Waals surface area contributed by atoms with Crippen molar-refractivity contribution >= 4 is 6.55 Å². The molecule has 0 unspecified atom stereocenters. The first-order chi connectivity index (χ1) is 6.95. The molecule has 1 heterocycles. The van der Waals surface area contributed by atoms with Gasteiger partial charge in [0.05, 0.1) is 13.2 Å². The van der Waals surface area contributed by atoms with Gasteiger partial charge in [-0.1, -0.05) is 36.4 Å². The summed E-state index contributed by atoms with van der Waals surface area (Å²) < 4.78 is 5.68. The van der Waals surface area contributed by atoms with E-state index in [1.165, 1.54) is 5.56 Å². The lowest BCUT2D eigenvalue weighted by molar-refractivity contribution is 0.393. The Bertz CT molecular complexity index is 333. The lowest BCUT2D eigenvalue weighted by Gasteiger charge is -2.17. The number of hydrogen-bond donors (Lipinski definition) is 0. The Kier molecular flexibility index (Phi) is 2.97. The molecule has 1 aromatic heterocycles. The number of rotatable bonds is 3. The smallest absolute Gasteiger partial charge is 0.0596 e. The average molecular weight is 183 g/mol. The fourth-order valence-electron chi connectivity index (χ4n) is 1.35. The third-order valence-electron chi connectivity index (χ3n) is 2.11. The van der Waals surface area contributed by atoms with E-state index in [4.69, 9.17) is 4.65 Å². The topological polar surface area (TPSA) is 9.23 Å². The summed E-state index contributed by atoms with van der Waals surface area (Å²) >= 11 is 0. The van der Waals surface area contributed by atoms with Crippen molar-refractivity contribution in [3.05, 3.63) is 66.0 Å². The van der Waals surface area contributed by atoms with E-state index in [1.807, 2.05) is 48.3 Å². The molecule has 14 heavy (non-hydrogen) atoms. The quantitative estimate of drug-likeness (QED) is 0.709. The van der Waals surface area contributed by atoms with Gasteiger partial charge >= 0.3 is 0 Å². The van der Waals surface area contributed by atoms with Gasteiger partial charge in [0.1, 0.15) is 0 Å². The minimum absolute atomic E-state index is 0.125. The van der Waals surface area contributed by atoms with Crippen molar-refractivity contribution in [2.75, 3.05) is 0 Å². The van der Waals surface area contributed by atoms with Gasteiger partial charge in [-0.05, 0) is 5.56 Å². The molecule has 0 aliphatic heterocycles. The SMILES string of the molecule is c1cc[b-](OCc2ccccc2)cc1. The van der Waals surface area contributed by atoms with Crippen LogP contribution in [0.1, 0.15) is 5.56 Å². The molecular weight excluding hydrogens is 171 g/mol. The maximum absolute atomic E-state index is 5.68. The molecule has 1 aromatic carbocycles. The fraction of sp³-hybridized carbons (Fsp3) is 0.0833. The van der Waals surface area contributed by atoms with Crippen LogP contribution in [0.25, 0.3) is 0 Å². The Morgan fingerprint density at radius 2 is 1.50 bits per heavy atom. The third kappa shape index (κ3) is 2.46. The first-order valence-electron chi connectivity index (χ1n) is 4.79. The molecule has 0 saturated carbocycles. The maximum atomic E-state index is 5.68. The summed E-state index contributed by atoms with van der Waals surface area (Å²) in [5, 5.41) is 0. The van der Waals surface area contributed by atoms with E-state index in [1.54, 1.807) is 0 Å². The summed E-state index contributed by atoms with van der Waals surface area (Å²) in [6.07, 6.45) is 0. The van der Waals surface area contributed by atoms with E-state index in [9.17, 15) is 0 Å². The van der Waals surface area contributed by atoms with Crippen LogP contribution in [0.2, 0.25) is 0 Å². The monoisotopic (exact) mass is 183 g/mol. The standard InChI is InChI=1S/C12H12BO/c1-3-7-12(8-4-1)11-14-13-9-5-2-6-10-13/h1-10H,11H2/q-1. The molecule has 70 valence electrons. The molecular formula is C12H12BO-. The minimum Gasteiger partial charge on any atom is -0.746 e. The van der Waals surface area contributed by atoms with Crippen molar-refractivity contribution in [3.63, 3.8) is 0 Å². The van der Waals surface area contributed by atoms with Crippen LogP contribution in [0, 0.1) is 0 Å². The largest absolute Gasteiger partial charge is 0.746 e. The molecule has 1 nitrogen and oxygen atoms in total. The van der Waals surface area contributed by atoms with Crippen LogP contribution >= 0.6 is 0 Å². The van der Waals surface area contributed by atoms with E-state index < -0.39 is 0 Å². The summed E-state index contributed by atoms with van der Waals surface area (Å²) in [6.45, 7) is 0.792. The van der Waals surface area contributed by atoms with E-state index in [2.05, 4.69) is 12.1 Å². The highest BCUT2D eigenvalue weighted by molar-refractivity contribution is 6.43. The van der Waals surface area contributed by atoms with E-state index >= 15 is 0 Å². The second-order valence-electron chi connectivity index (χ2n) is 3.22. The van der Waals surface area contributed by atoms with Crippen LogP contribution in [0.15, 0.2) is 60.5 Å². The lowest BCUT2D eigenvalue weighted by atomic mass is 9.86. The summed E-state index contributed by atoms with van der Waals surface area (Å²) in [4.78, 5) is 0. The normalized spacial score (nSPS) is 9.71. The van der Waals surface area contributed by atoms with Gasteiger partial charge in [0.2, 0.25) is 0 Å². The third-order valence-corrected chi connectivity index (χ3v) is 2.11. The number of benzene rings is 1. The van der Waals surface area contributed by atoms with Gasteiger partial charge in [-0.3, -0.25) is 0 Å². The molecule has 0 bridgehead atoms. The van der Waals surface area contributed by atoms with Gasteiger partial charge in [0, 0.05) is 0 Å². The minimum atomic E-state index is 0.125. The Labute approximate surface area is 84.4 Å². The summed E-state index contributed by atoms with van der Waals surface area (Å²) in [5.41, 5.74) is 1.21. The Morgan fingerprint density at radius 3 is 2.21 bits per heavy atom. The summed E-state index contributed by atoms with van der Waals surface area (Å²) in [5.74, 6) is 4.09. The molecule has 2 aromatic rings. The van der Waals surface area contributed by atoms with Gasteiger partial charge in [-0.2, -0.15) is 0 Å². The van der Waals surface area contributed by atoms with Crippen molar-refractivity contribution < 1.29 is 4.65 Å². The van der Waals surface area contributed by atoms with Crippen molar-refractivity contribution in [1.29, 1.82) is 0 Å². The molecule has 0 fully saturated rings. The predicted molar refractivity (Wildman–Crippen MR) is 59.1 cm³/mol. The van der Waals surface area contributed by atoms with E-state index in [-0.39, 0.29) is 6.55 Å². The molecule has 0 N–H and O–H groups in total. The molecule has 0 amide bonds. The van der Waals surface area contributed by atoms with Crippen LogP contribution in [0.5, 0.6) is 0 Å². The molecule has 0 radical (unpaired) electrons. The Hall–Kier alpha value is -1.57. The molecule has 0 spiro atoms. The van der Waals surface area contributed by atoms with Gasteiger partial charge in [0.25, 0.3) is 0 Å². The Balaban J connectivity index is 1.96. The zero-order valence-corrected chi connectivity index (χ0v) is 7.97. The second kappa shape index (κ2) is 4.61. The van der Waals surface area contributed by atoms with Gasteiger partial charge in [-0.15, -0.1) is 12.1 Å². The van der Waals surface area contributed by atoms with Crippen molar-refractivity contribution in [2.24, 2.45) is 0 Å². The van der Waals surface area contributed by atoms with E-state index in [0.29, 0.717) is 6.61 Å². The molecule has 2 heteroatoms. The van der Waals surface area contributed by atoms with Gasteiger partial charge < -0.3 is 4.65 Å². The van der Waals surface area contributed by atoms with Crippen molar-refractivity contribution in [3.8, 4) is 0 Å². The average Bonchev–Trinajstić information content (AvgIpc) is 2.29.